The molecule has 12 heavy (non-hydrogen) atoms. The average Bonchev–Trinajstić information content (AvgIpc) is 2.09. The number of rotatable bonds is 3. The smallest absolute Gasteiger partial charge is 0.138 e. The predicted octanol–water partition coefficient (Wildman–Crippen LogP) is 3.52. The predicted molar refractivity (Wildman–Crippen MR) is 51.8 cm³/mol. The zero-order valence-electron chi connectivity index (χ0n) is 7.38. The van der Waals surface area contributed by atoms with Gasteiger partial charge < -0.3 is 4.74 Å². The zero-order valence-corrected chi connectivity index (χ0v) is 8.14. The Hall–Kier alpha value is -0.690. The molecule has 1 aromatic carbocycles. The largest absolute Gasteiger partial charge is 0.489 e. The van der Waals surface area contributed by atoms with E-state index in [0.717, 1.165) is 12.2 Å². The highest BCUT2D eigenvalue weighted by Crippen LogP contribution is 2.24. The minimum atomic E-state index is 0.227. The summed E-state index contributed by atoms with van der Waals surface area (Å²) in [5.41, 5.74) is 0. The highest BCUT2D eigenvalue weighted by molar-refractivity contribution is 6.32. The molecule has 0 aliphatic rings. The van der Waals surface area contributed by atoms with Gasteiger partial charge in [-0.05, 0) is 25.5 Å². The van der Waals surface area contributed by atoms with Gasteiger partial charge in [-0.2, -0.15) is 0 Å². The van der Waals surface area contributed by atoms with Crippen LogP contribution in [0.2, 0.25) is 5.02 Å². The summed E-state index contributed by atoms with van der Waals surface area (Å²) < 4.78 is 5.56. The third-order valence-corrected chi connectivity index (χ3v) is 2.05. The molecule has 1 nitrogen and oxygen atoms in total. The van der Waals surface area contributed by atoms with E-state index in [9.17, 15) is 0 Å². The van der Waals surface area contributed by atoms with Crippen LogP contribution in [0.5, 0.6) is 5.75 Å². The van der Waals surface area contributed by atoms with E-state index in [1.54, 1.807) is 0 Å². The van der Waals surface area contributed by atoms with Gasteiger partial charge in [0, 0.05) is 0 Å². The zero-order chi connectivity index (χ0) is 8.97. The maximum atomic E-state index is 5.90. The van der Waals surface area contributed by atoms with Crippen LogP contribution in [-0.4, -0.2) is 6.10 Å². The molecular formula is C10H13ClO. The van der Waals surface area contributed by atoms with Gasteiger partial charge in [0.05, 0.1) is 11.1 Å². The molecule has 0 aliphatic heterocycles. The van der Waals surface area contributed by atoms with Crippen molar-refractivity contribution in [3.8, 4) is 5.75 Å². The van der Waals surface area contributed by atoms with E-state index < -0.39 is 0 Å². The Morgan fingerprint density at radius 3 is 2.67 bits per heavy atom. The second kappa shape index (κ2) is 4.36. The minimum absolute atomic E-state index is 0.227. The lowest BCUT2D eigenvalue weighted by Gasteiger charge is -2.13. The first kappa shape index (κ1) is 9.40. The number of benzene rings is 1. The standard InChI is InChI=1S/C10H13ClO/c1-3-8(2)12-10-7-5-4-6-9(10)11/h4-8H,3H2,1-2H3. The van der Waals surface area contributed by atoms with Crippen molar-refractivity contribution in [2.45, 2.75) is 26.4 Å². The normalized spacial score (nSPS) is 12.6. The second-order valence-electron chi connectivity index (χ2n) is 2.77. The van der Waals surface area contributed by atoms with Crippen molar-refractivity contribution in [2.24, 2.45) is 0 Å². The highest BCUT2D eigenvalue weighted by atomic mass is 35.5. The SMILES string of the molecule is CCC(C)Oc1ccccc1Cl. The first-order valence-corrected chi connectivity index (χ1v) is 4.53. The van der Waals surface area contributed by atoms with Gasteiger partial charge in [0.15, 0.2) is 0 Å². The minimum Gasteiger partial charge on any atom is -0.489 e. The van der Waals surface area contributed by atoms with Crippen molar-refractivity contribution in [2.75, 3.05) is 0 Å². The molecule has 1 rings (SSSR count). The molecule has 0 fully saturated rings. The molecule has 2 heteroatoms. The van der Waals surface area contributed by atoms with Crippen LogP contribution >= 0.6 is 11.6 Å². The molecule has 0 saturated carbocycles. The number of halogens is 1. The Morgan fingerprint density at radius 1 is 1.42 bits per heavy atom. The van der Waals surface area contributed by atoms with Crippen LogP contribution in [0.4, 0.5) is 0 Å². The van der Waals surface area contributed by atoms with Crippen molar-refractivity contribution in [3.05, 3.63) is 29.3 Å². The number of hydrogen-bond acceptors (Lipinski definition) is 1. The van der Waals surface area contributed by atoms with Gasteiger partial charge in [0.1, 0.15) is 5.75 Å². The average molecular weight is 185 g/mol. The lowest BCUT2D eigenvalue weighted by Crippen LogP contribution is -2.09. The van der Waals surface area contributed by atoms with Gasteiger partial charge >= 0.3 is 0 Å². The van der Waals surface area contributed by atoms with Gasteiger partial charge in [0.25, 0.3) is 0 Å². The third-order valence-electron chi connectivity index (χ3n) is 1.74. The van der Waals surface area contributed by atoms with Gasteiger partial charge in [-0.25, -0.2) is 0 Å². The van der Waals surface area contributed by atoms with Crippen LogP contribution in [0.1, 0.15) is 20.3 Å². The van der Waals surface area contributed by atoms with E-state index in [2.05, 4.69) is 6.92 Å². The fourth-order valence-electron chi connectivity index (χ4n) is 0.840. The fraction of sp³-hybridized carbons (Fsp3) is 0.400. The van der Waals surface area contributed by atoms with Crippen molar-refractivity contribution in [3.63, 3.8) is 0 Å². The van der Waals surface area contributed by atoms with Crippen LogP contribution in [0.25, 0.3) is 0 Å². The van der Waals surface area contributed by atoms with Crippen LogP contribution < -0.4 is 4.74 Å². The van der Waals surface area contributed by atoms with Gasteiger partial charge in [-0.1, -0.05) is 30.7 Å². The van der Waals surface area contributed by atoms with Crippen molar-refractivity contribution in [1.29, 1.82) is 0 Å². The summed E-state index contributed by atoms with van der Waals surface area (Å²) >= 11 is 5.90. The summed E-state index contributed by atoms with van der Waals surface area (Å²) in [4.78, 5) is 0. The Bertz CT molecular complexity index is 247. The summed E-state index contributed by atoms with van der Waals surface area (Å²) in [5, 5.41) is 0.679. The lowest BCUT2D eigenvalue weighted by atomic mass is 10.3. The molecule has 0 heterocycles. The van der Waals surface area contributed by atoms with E-state index in [4.69, 9.17) is 16.3 Å². The molecular weight excluding hydrogens is 172 g/mol. The van der Waals surface area contributed by atoms with E-state index in [-0.39, 0.29) is 6.10 Å². The number of ether oxygens (including phenoxy) is 1. The molecule has 0 N–H and O–H groups in total. The summed E-state index contributed by atoms with van der Waals surface area (Å²) in [7, 11) is 0. The van der Waals surface area contributed by atoms with Crippen LogP contribution in [-0.2, 0) is 0 Å². The summed E-state index contributed by atoms with van der Waals surface area (Å²) in [6.07, 6.45) is 1.22. The van der Waals surface area contributed by atoms with Crippen molar-refractivity contribution in [1.82, 2.24) is 0 Å². The first-order chi connectivity index (χ1) is 5.74. The Kier molecular flexibility index (Phi) is 3.42. The third kappa shape index (κ3) is 2.42. The molecule has 0 saturated heterocycles. The molecule has 0 spiro atoms. The number of hydrogen-bond donors (Lipinski definition) is 0. The van der Waals surface area contributed by atoms with Crippen molar-refractivity contribution >= 4 is 11.6 Å². The molecule has 0 aliphatic carbocycles. The Morgan fingerprint density at radius 2 is 2.08 bits per heavy atom. The molecule has 0 radical (unpaired) electrons. The molecule has 1 unspecified atom stereocenters. The first-order valence-electron chi connectivity index (χ1n) is 4.15. The highest BCUT2D eigenvalue weighted by Gasteiger charge is 2.03. The molecule has 0 amide bonds. The van der Waals surface area contributed by atoms with E-state index in [1.165, 1.54) is 0 Å². The quantitative estimate of drug-likeness (QED) is 0.699. The summed E-state index contributed by atoms with van der Waals surface area (Å²) in [5.74, 6) is 0.772. The lowest BCUT2D eigenvalue weighted by molar-refractivity contribution is 0.217. The monoisotopic (exact) mass is 184 g/mol. The van der Waals surface area contributed by atoms with Gasteiger partial charge in [0.2, 0.25) is 0 Å². The van der Waals surface area contributed by atoms with Crippen LogP contribution in [0.15, 0.2) is 24.3 Å². The summed E-state index contributed by atoms with van der Waals surface area (Å²) in [6.45, 7) is 4.12. The summed E-state index contributed by atoms with van der Waals surface area (Å²) in [6, 6.07) is 7.53. The Labute approximate surface area is 78.3 Å². The van der Waals surface area contributed by atoms with E-state index in [1.807, 2.05) is 31.2 Å². The van der Waals surface area contributed by atoms with Crippen LogP contribution in [0.3, 0.4) is 0 Å². The maximum absolute atomic E-state index is 5.90. The second-order valence-corrected chi connectivity index (χ2v) is 3.17. The van der Waals surface area contributed by atoms with Gasteiger partial charge in [-0.3, -0.25) is 0 Å². The van der Waals surface area contributed by atoms with Crippen molar-refractivity contribution < 1.29 is 4.74 Å². The molecule has 1 aromatic rings. The molecule has 66 valence electrons. The number of para-hydroxylation sites is 1. The van der Waals surface area contributed by atoms with E-state index in [0.29, 0.717) is 5.02 Å². The van der Waals surface area contributed by atoms with Crippen LogP contribution in [0, 0.1) is 0 Å². The maximum Gasteiger partial charge on any atom is 0.138 e. The topological polar surface area (TPSA) is 9.23 Å². The molecule has 0 bridgehead atoms. The molecule has 1 atom stereocenters. The molecule has 0 aromatic heterocycles. The fourth-order valence-corrected chi connectivity index (χ4v) is 1.02. The Balaban J connectivity index is 2.69. The van der Waals surface area contributed by atoms with Gasteiger partial charge in [-0.15, -0.1) is 0 Å². The van der Waals surface area contributed by atoms with E-state index >= 15 is 0 Å².